The Hall–Kier alpha value is -6.44. The van der Waals surface area contributed by atoms with E-state index in [1.807, 2.05) is 12.2 Å². The Labute approximate surface area is 291 Å². The molecule has 0 aliphatic heterocycles. The van der Waals surface area contributed by atoms with Gasteiger partial charge in [-0.05, 0) is 121 Å². The van der Waals surface area contributed by atoms with Gasteiger partial charge in [-0.25, -0.2) is 0 Å². The molecule has 0 fully saturated rings. The number of para-hydroxylation sites is 1. The molecule has 234 valence electrons. The van der Waals surface area contributed by atoms with Crippen LogP contribution >= 0.6 is 0 Å². The molecule has 1 nitrogen and oxygen atoms in total. The molecule has 0 aliphatic rings. The number of rotatable bonds is 5. The number of fused-ring (bicyclic) bond motifs is 9. The minimum absolute atomic E-state index is 1.21. The van der Waals surface area contributed by atoms with Crippen LogP contribution in [0.4, 0.5) is 0 Å². The summed E-state index contributed by atoms with van der Waals surface area (Å²) in [6, 6.07) is 56.0. The zero-order chi connectivity index (χ0) is 33.3. The van der Waals surface area contributed by atoms with Crippen LogP contribution in [0.25, 0.3) is 99.0 Å². The fourth-order valence-electron chi connectivity index (χ4n) is 8.31. The van der Waals surface area contributed by atoms with Crippen LogP contribution in [0.1, 0.15) is 11.3 Å². The highest BCUT2D eigenvalue weighted by atomic mass is 14.9. The lowest BCUT2D eigenvalue weighted by molar-refractivity contribution is 1.25. The quantitative estimate of drug-likeness (QED) is 0.131. The van der Waals surface area contributed by atoms with E-state index in [4.69, 9.17) is 0 Å². The fraction of sp³-hybridized carbons (Fsp3) is 0.0204. The van der Waals surface area contributed by atoms with Crippen molar-refractivity contribution in [1.29, 1.82) is 0 Å². The Balaban J connectivity index is 1.10. The second kappa shape index (κ2) is 11.1. The molecule has 0 N–H and O–H groups in total. The summed E-state index contributed by atoms with van der Waals surface area (Å²) < 4.78 is 2.42. The maximum absolute atomic E-state index is 3.92. The van der Waals surface area contributed by atoms with Crippen LogP contribution < -0.4 is 0 Å². The molecule has 0 amide bonds. The number of benzene rings is 8. The molecule has 10 aromatic rings. The van der Waals surface area contributed by atoms with Crippen LogP contribution in [-0.4, -0.2) is 4.40 Å². The number of nitrogens with zero attached hydrogens (tertiary/aromatic N) is 1. The van der Waals surface area contributed by atoms with Gasteiger partial charge in [0.25, 0.3) is 0 Å². The van der Waals surface area contributed by atoms with Crippen molar-refractivity contribution in [3.63, 3.8) is 0 Å². The number of allylic oxidation sites excluding steroid dienone is 2. The average Bonchev–Trinajstić information content (AvgIpc) is 3.66. The van der Waals surface area contributed by atoms with Crippen LogP contribution in [0.15, 0.2) is 170 Å². The first-order valence-corrected chi connectivity index (χ1v) is 17.3. The van der Waals surface area contributed by atoms with Crippen molar-refractivity contribution >= 4 is 65.6 Å². The molecule has 0 bridgehead atoms. The van der Waals surface area contributed by atoms with Crippen molar-refractivity contribution in [2.75, 3.05) is 0 Å². The van der Waals surface area contributed by atoms with Crippen molar-refractivity contribution in [2.24, 2.45) is 0 Å². The standard InChI is InChI=1S/C49H33N/c1-3-4-22-47-31(2)44-29-37(30-46-43-21-9-10-23-48(43)50(47)49(44)46)35-16-12-14-33(27-35)32-13-11-15-34(26-32)36-24-25-42-40-19-6-5-17-38(40)39-18-7-8-20-41(39)45(42)28-36/h3-30H,1H2,2H3/b22-4-. The SMILES string of the molecule is C=C/C=C\c1c(C)c2cc(-c3cccc(-c4cccc(-c5ccc6c7ccccc7c7ccccc7c6c5)c4)c3)cc3c4ccccc4n1c23. The van der Waals surface area contributed by atoms with Gasteiger partial charge in [0.1, 0.15) is 0 Å². The minimum atomic E-state index is 1.21. The van der Waals surface area contributed by atoms with Crippen molar-refractivity contribution < 1.29 is 0 Å². The van der Waals surface area contributed by atoms with E-state index < -0.39 is 0 Å². The van der Waals surface area contributed by atoms with Crippen LogP contribution in [-0.2, 0) is 0 Å². The smallest absolute Gasteiger partial charge is 0.0617 e. The highest BCUT2D eigenvalue weighted by Crippen LogP contribution is 2.42. The van der Waals surface area contributed by atoms with Crippen molar-refractivity contribution in [1.82, 2.24) is 4.40 Å². The molecule has 0 aliphatic carbocycles. The molecular formula is C49H33N. The summed E-state index contributed by atoms with van der Waals surface area (Å²) in [5.74, 6) is 0. The molecule has 0 saturated carbocycles. The van der Waals surface area contributed by atoms with Gasteiger partial charge in [0.2, 0.25) is 0 Å². The van der Waals surface area contributed by atoms with Gasteiger partial charge in [-0.15, -0.1) is 0 Å². The van der Waals surface area contributed by atoms with Crippen LogP contribution in [0.2, 0.25) is 0 Å². The molecular weight excluding hydrogens is 603 g/mol. The van der Waals surface area contributed by atoms with Crippen LogP contribution in [0.5, 0.6) is 0 Å². The van der Waals surface area contributed by atoms with Crippen LogP contribution in [0.3, 0.4) is 0 Å². The van der Waals surface area contributed by atoms with Crippen molar-refractivity contribution in [2.45, 2.75) is 6.92 Å². The van der Waals surface area contributed by atoms with E-state index in [-0.39, 0.29) is 0 Å². The van der Waals surface area contributed by atoms with E-state index in [1.165, 1.54) is 104 Å². The van der Waals surface area contributed by atoms with E-state index in [9.17, 15) is 0 Å². The van der Waals surface area contributed by atoms with Gasteiger partial charge in [0.05, 0.1) is 11.0 Å². The molecule has 0 saturated heterocycles. The lowest BCUT2D eigenvalue weighted by atomic mass is 9.91. The third-order valence-corrected chi connectivity index (χ3v) is 10.7. The molecule has 1 heteroatoms. The number of hydrogen-bond acceptors (Lipinski definition) is 0. The first-order chi connectivity index (χ1) is 24.7. The van der Waals surface area contributed by atoms with Gasteiger partial charge in [-0.3, -0.25) is 0 Å². The van der Waals surface area contributed by atoms with E-state index in [0.29, 0.717) is 0 Å². The van der Waals surface area contributed by atoms with Gasteiger partial charge in [-0.1, -0.05) is 134 Å². The summed E-state index contributed by atoms with van der Waals surface area (Å²) in [5.41, 5.74) is 12.3. The fourth-order valence-corrected chi connectivity index (χ4v) is 8.31. The predicted molar refractivity (Wildman–Crippen MR) is 216 cm³/mol. The molecule has 0 spiro atoms. The highest BCUT2D eigenvalue weighted by Gasteiger charge is 2.20. The summed E-state index contributed by atoms with van der Waals surface area (Å²) in [4.78, 5) is 0. The largest absolute Gasteiger partial charge is 0.308 e. The first kappa shape index (κ1) is 28.6. The second-order valence-electron chi connectivity index (χ2n) is 13.4. The first-order valence-electron chi connectivity index (χ1n) is 17.3. The topological polar surface area (TPSA) is 4.41 Å². The highest BCUT2D eigenvalue weighted by molar-refractivity contribution is 6.25. The Bertz CT molecular complexity index is 2970. The summed E-state index contributed by atoms with van der Waals surface area (Å²) >= 11 is 0. The van der Waals surface area contributed by atoms with Gasteiger partial charge >= 0.3 is 0 Å². The van der Waals surface area contributed by atoms with E-state index in [0.717, 1.165) is 0 Å². The maximum atomic E-state index is 3.92. The van der Waals surface area contributed by atoms with Crippen molar-refractivity contribution in [3.8, 4) is 33.4 Å². The molecule has 8 aromatic carbocycles. The number of hydrogen-bond donors (Lipinski definition) is 0. The van der Waals surface area contributed by atoms with E-state index in [1.54, 1.807) is 0 Å². The summed E-state index contributed by atoms with van der Waals surface area (Å²) in [6.07, 6.45) is 6.06. The second-order valence-corrected chi connectivity index (χ2v) is 13.4. The monoisotopic (exact) mass is 635 g/mol. The van der Waals surface area contributed by atoms with Crippen LogP contribution in [0, 0.1) is 6.92 Å². The molecule has 2 aromatic heterocycles. The molecule has 0 atom stereocenters. The normalized spacial score (nSPS) is 12.1. The van der Waals surface area contributed by atoms with Gasteiger partial charge in [0, 0.05) is 21.9 Å². The zero-order valence-electron chi connectivity index (χ0n) is 27.8. The van der Waals surface area contributed by atoms with Gasteiger partial charge < -0.3 is 4.40 Å². The molecule has 50 heavy (non-hydrogen) atoms. The Morgan fingerprint density at radius 1 is 0.420 bits per heavy atom. The summed E-state index contributed by atoms with van der Waals surface area (Å²) in [6.45, 7) is 6.16. The maximum Gasteiger partial charge on any atom is 0.0617 e. The lowest BCUT2D eigenvalue weighted by Gasteiger charge is -2.13. The predicted octanol–water partition coefficient (Wildman–Crippen LogP) is 13.7. The Morgan fingerprint density at radius 3 is 1.52 bits per heavy atom. The van der Waals surface area contributed by atoms with Crippen molar-refractivity contribution in [3.05, 3.63) is 182 Å². The summed E-state index contributed by atoms with van der Waals surface area (Å²) in [7, 11) is 0. The number of aryl methyl sites for hydroxylation is 1. The zero-order valence-corrected chi connectivity index (χ0v) is 27.8. The number of aromatic nitrogens is 1. The Kier molecular flexibility index (Phi) is 6.31. The molecule has 0 unspecified atom stereocenters. The molecule has 2 heterocycles. The third kappa shape index (κ3) is 4.20. The van der Waals surface area contributed by atoms with E-state index in [2.05, 4.69) is 176 Å². The minimum Gasteiger partial charge on any atom is -0.308 e. The lowest BCUT2D eigenvalue weighted by Crippen LogP contribution is -1.86. The Morgan fingerprint density at radius 2 is 0.900 bits per heavy atom. The molecule has 0 radical (unpaired) electrons. The molecule has 10 rings (SSSR count). The van der Waals surface area contributed by atoms with E-state index >= 15 is 0 Å². The third-order valence-electron chi connectivity index (χ3n) is 10.7. The van der Waals surface area contributed by atoms with Gasteiger partial charge in [-0.2, -0.15) is 0 Å². The summed E-state index contributed by atoms with van der Waals surface area (Å²) in [5, 5.41) is 11.7. The van der Waals surface area contributed by atoms with Gasteiger partial charge in [0.15, 0.2) is 0 Å². The average molecular weight is 636 g/mol.